The minimum absolute atomic E-state index is 0.158. The minimum atomic E-state index is -1.82. The molecular weight excluding hydrogens is 399 g/mol. The van der Waals surface area contributed by atoms with Crippen molar-refractivity contribution >= 4 is 14.3 Å². The van der Waals surface area contributed by atoms with Crippen molar-refractivity contribution in [3.8, 4) is 16.9 Å². The third-order valence-electron chi connectivity index (χ3n) is 5.94. The molecule has 0 aliphatic heterocycles. The van der Waals surface area contributed by atoms with E-state index in [1.807, 2.05) is 24.3 Å². The van der Waals surface area contributed by atoms with Crippen LogP contribution in [0.3, 0.4) is 0 Å². The van der Waals surface area contributed by atoms with E-state index in [9.17, 15) is 9.18 Å². The van der Waals surface area contributed by atoms with Crippen molar-refractivity contribution in [2.45, 2.75) is 52.2 Å². The van der Waals surface area contributed by atoms with E-state index in [4.69, 9.17) is 14.3 Å². The van der Waals surface area contributed by atoms with E-state index in [0.717, 1.165) is 12.0 Å². The summed E-state index contributed by atoms with van der Waals surface area (Å²) in [5, 5.41) is 9.20. The predicted octanol–water partition coefficient (Wildman–Crippen LogP) is 6.62. The van der Waals surface area contributed by atoms with Gasteiger partial charge in [0.05, 0.1) is 12.2 Å². The maximum Gasteiger partial charge on any atom is 0.338 e. The molecule has 1 atom stereocenters. The van der Waals surface area contributed by atoms with Gasteiger partial charge in [0, 0.05) is 18.1 Å². The lowest BCUT2D eigenvalue weighted by Gasteiger charge is -2.37. The molecule has 1 N–H and O–H groups in total. The maximum atomic E-state index is 14.2. The van der Waals surface area contributed by atoms with E-state index in [2.05, 4.69) is 40.8 Å². The van der Waals surface area contributed by atoms with Gasteiger partial charge in [-0.2, -0.15) is 0 Å². The lowest BCUT2D eigenvalue weighted by Crippen LogP contribution is -2.42. The summed E-state index contributed by atoms with van der Waals surface area (Å²) in [4.78, 5) is 11.1. The first kappa shape index (κ1) is 24.1. The molecule has 0 radical (unpaired) electrons. The number of hydrogen-bond donors (Lipinski definition) is 1. The van der Waals surface area contributed by atoms with Crippen molar-refractivity contribution in [3.63, 3.8) is 0 Å². The smallest absolute Gasteiger partial charge is 0.338 e. The van der Waals surface area contributed by atoms with Gasteiger partial charge in [-0.25, -0.2) is 9.18 Å². The normalized spacial score (nSPS) is 13.2. The summed E-state index contributed by atoms with van der Waals surface area (Å²) >= 11 is 0. The fraction of sp³-hybridized carbons (Fsp3) is 0.458. The summed E-state index contributed by atoms with van der Waals surface area (Å²) in [6, 6.07) is 11.5. The molecule has 0 fully saturated rings. The van der Waals surface area contributed by atoms with E-state index in [1.54, 1.807) is 6.07 Å². The number of aromatic carboxylic acids is 1. The SMILES string of the molecule is CC[C@H](COc1ccccc1-c1ccc(C(=O)O)c(F)c1)CO[Si](C)(C)C(C)(C)C. The molecule has 4 nitrogen and oxygen atoms in total. The summed E-state index contributed by atoms with van der Waals surface area (Å²) in [5.74, 6) is -1.15. The highest BCUT2D eigenvalue weighted by molar-refractivity contribution is 6.74. The molecule has 0 spiro atoms. The van der Waals surface area contributed by atoms with Gasteiger partial charge in [0.2, 0.25) is 0 Å². The first-order valence-corrected chi connectivity index (χ1v) is 13.3. The second-order valence-corrected chi connectivity index (χ2v) is 14.0. The molecule has 0 heterocycles. The van der Waals surface area contributed by atoms with Crippen LogP contribution in [0.25, 0.3) is 11.1 Å². The molecule has 0 aliphatic rings. The van der Waals surface area contributed by atoms with Crippen LogP contribution < -0.4 is 4.74 Å². The lowest BCUT2D eigenvalue weighted by molar-refractivity contribution is 0.0692. The summed E-state index contributed by atoms with van der Waals surface area (Å²) in [6.07, 6.45) is 0.929. The summed E-state index contributed by atoms with van der Waals surface area (Å²) in [6.45, 7) is 14.4. The fourth-order valence-electron chi connectivity index (χ4n) is 2.72. The van der Waals surface area contributed by atoms with Gasteiger partial charge < -0.3 is 14.3 Å². The zero-order valence-electron chi connectivity index (χ0n) is 18.8. The van der Waals surface area contributed by atoms with Crippen LogP contribution in [0.2, 0.25) is 18.1 Å². The molecule has 0 saturated carbocycles. The molecule has 30 heavy (non-hydrogen) atoms. The van der Waals surface area contributed by atoms with Crippen molar-refractivity contribution in [3.05, 3.63) is 53.8 Å². The molecule has 0 unspecified atom stereocenters. The Hall–Kier alpha value is -2.18. The third kappa shape index (κ3) is 5.92. The van der Waals surface area contributed by atoms with E-state index in [1.165, 1.54) is 12.1 Å². The second kappa shape index (κ2) is 9.75. The van der Waals surface area contributed by atoms with Crippen LogP contribution in [0, 0.1) is 11.7 Å². The molecule has 2 aromatic rings. The zero-order chi connectivity index (χ0) is 22.5. The van der Waals surface area contributed by atoms with E-state index in [-0.39, 0.29) is 16.5 Å². The van der Waals surface area contributed by atoms with E-state index in [0.29, 0.717) is 24.5 Å². The van der Waals surface area contributed by atoms with Crippen LogP contribution >= 0.6 is 0 Å². The average molecular weight is 433 g/mol. The number of carboxylic acids is 1. The van der Waals surface area contributed by atoms with Crippen LogP contribution in [-0.4, -0.2) is 32.6 Å². The number of hydrogen-bond acceptors (Lipinski definition) is 3. The third-order valence-corrected chi connectivity index (χ3v) is 10.4. The van der Waals surface area contributed by atoms with Crippen molar-refractivity contribution in [2.75, 3.05) is 13.2 Å². The number of carbonyl (C=O) groups is 1. The number of rotatable bonds is 9. The first-order chi connectivity index (χ1) is 14.0. The summed E-state index contributed by atoms with van der Waals surface area (Å²) in [7, 11) is -1.82. The molecule has 2 aromatic carbocycles. The number of halogens is 1. The van der Waals surface area contributed by atoms with Crippen LogP contribution in [0.5, 0.6) is 5.75 Å². The van der Waals surface area contributed by atoms with Crippen molar-refractivity contribution < 1.29 is 23.5 Å². The number of benzene rings is 2. The van der Waals surface area contributed by atoms with E-state index >= 15 is 0 Å². The quantitative estimate of drug-likeness (QED) is 0.453. The predicted molar refractivity (Wildman–Crippen MR) is 121 cm³/mol. The molecule has 0 bridgehead atoms. The van der Waals surface area contributed by atoms with Crippen LogP contribution in [-0.2, 0) is 4.43 Å². The Bertz CT molecular complexity index is 874. The molecule has 0 saturated heterocycles. The summed E-state index contributed by atoms with van der Waals surface area (Å²) in [5.41, 5.74) is 0.971. The average Bonchev–Trinajstić information content (AvgIpc) is 2.67. The van der Waals surface area contributed by atoms with Crippen LogP contribution in [0.4, 0.5) is 4.39 Å². The van der Waals surface area contributed by atoms with Gasteiger partial charge in [0.15, 0.2) is 8.32 Å². The van der Waals surface area contributed by atoms with Crippen molar-refractivity contribution in [1.29, 1.82) is 0 Å². The standard InChI is InChI=1S/C24H33FO4Si/c1-7-17(16-29-30(5,6)24(2,3)4)15-28-22-11-9-8-10-19(22)18-12-13-20(23(26)27)21(25)14-18/h8-14,17H,7,15-16H2,1-6H3,(H,26,27)/t17-/m1/s1. The van der Waals surface area contributed by atoms with Gasteiger partial charge in [-0.05, 0) is 48.3 Å². The van der Waals surface area contributed by atoms with Crippen LogP contribution in [0.1, 0.15) is 44.5 Å². The highest BCUT2D eigenvalue weighted by atomic mass is 28.4. The minimum Gasteiger partial charge on any atom is -0.493 e. The van der Waals surface area contributed by atoms with Gasteiger partial charge in [-0.15, -0.1) is 0 Å². The van der Waals surface area contributed by atoms with Gasteiger partial charge in [0.25, 0.3) is 0 Å². The highest BCUT2D eigenvalue weighted by Crippen LogP contribution is 2.37. The number of ether oxygens (including phenoxy) is 1. The van der Waals surface area contributed by atoms with Gasteiger partial charge in [-0.3, -0.25) is 0 Å². The first-order valence-electron chi connectivity index (χ1n) is 10.3. The maximum absolute atomic E-state index is 14.2. The monoisotopic (exact) mass is 432 g/mol. The van der Waals surface area contributed by atoms with Crippen molar-refractivity contribution in [2.24, 2.45) is 5.92 Å². The highest BCUT2D eigenvalue weighted by Gasteiger charge is 2.37. The Balaban J connectivity index is 2.13. The lowest BCUT2D eigenvalue weighted by atomic mass is 10.0. The number of carboxylic acid groups (broad SMARTS) is 1. The zero-order valence-corrected chi connectivity index (χ0v) is 19.8. The Morgan fingerprint density at radius 2 is 1.80 bits per heavy atom. The molecular formula is C24H33FO4Si. The molecule has 2 rings (SSSR count). The molecule has 0 aliphatic carbocycles. The van der Waals surface area contributed by atoms with Crippen molar-refractivity contribution in [1.82, 2.24) is 0 Å². The van der Waals surface area contributed by atoms with Gasteiger partial charge in [0.1, 0.15) is 11.6 Å². The molecule has 164 valence electrons. The Morgan fingerprint density at radius 1 is 1.13 bits per heavy atom. The Kier molecular flexibility index (Phi) is 7.83. The topological polar surface area (TPSA) is 55.8 Å². The Morgan fingerprint density at radius 3 is 2.37 bits per heavy atom. The fourth-order valence-corrected chi connectivity index (χ4v) is 3.81. The number of para-hydroxylation sites is 1. The Labute approximate surface area is 180 Å². The van der Waals surface area contributed by atoms with Gasteiger partial charge in [-0.1, -0.05) is 52.0 Å². The van der Waals surface area contributed by atoms with Crippen LogP contribution in [0.15, 0.2) is 42.5 Å². The van der Waals surface area contributed by atoms with E-state index < -0.39 is 20.1 Å². The summed E-state index contributed by atoms with van der Waals surface area (Å²) < 4.78 is 26.6. The largest absolute Gasteiger partial charge is 0.493 e. The molecule has 0 aromatic heterocycles. The molecule has 0 amide bonds. The van der Waals surface area contributed by atoms with Gasteiger partial charge >= 0.3 is 5.97 Å². The molecule has 6 heteroatoms. The second-order valence-electron chi connectivity index (χ2n) is 9.15.